The van der Waals surface area contributed by atoms with E-state index in [2.05, 4.69) is 0 Å². The van der Waals surface area contributed by atoms with Crippen LogP contribution < -0.4 is 0 Å². The van der Waals surface area contributed by atoms with E-state index in [0.29, 0.717) is 0 Å². The summed E-state index contributed by atoms with van der Waals surface area (Å²) in [6.45, 7) is 0. The Hall–Kier alpha value is 1.76. The minimum Gasteiger partial charge on any atom is -1.00 e. The van der Waals surface area contributed by atoms with Crippen LogP contribution in [0.25, 0.3) is 0 Å². The Bertz CT molecular complexity index is 205. The molecule has 5 N–H and O–H groups in total. The molecule has 0 bridgehead atoms. The van der Waals surface area contributed by atoms with Gasteiger partial charge in [-0.05, 0) is 0 Å². The molecule has 0 aromatic heterocycles. The van der Waals surface area contributed by atoms with Gasteiger partial charge in [0, 0.05) is 17.1 Å². The third-order valence-electron chi connectivity index (χ3n) is 0. The topological polar surface area (TPSA) is 152 Å². The van der Waals surface area contributed by atoms with Crippen molar-refractivity contribution in [3.8, 4) is 0 Å². The molecule has 0 unspecified atom stereocenters. The summed E-state index contributed by atoms with van der Waals surface area (Å²) in [6, 6.07) is 0. The van der Waals surface area contributed by atoms with Crippen LogP contribution in [0, 0.1) is 0 Å². The van der Waals surface area contributed by atoms with E-state index >= 15 is 0 Å². The van der Waals surface area contributed by atoms with Crippen LogP contribution in [0.1, 0.15) is 2.85 Å². The Balaban J connectivity index is -0.0000000178. The van der Waals surface area contributed by atoms with E-state index in [1.165, 1.54) is 0 Å². The Kier molecular flexibility index (Phi) is 18.3. The maximum absolute atomic E-state index is 8.88. The van der Waals surface area contributed by atoms with E-state index < -0.39 is 18.2 Å². The fraction of sp³-hybridized carbons (Fsp3) is 0. The molecule has 0 heterocycles. The van der Waals surface area contributed by atoms with Gasteiger partial charge in [-0.2, -0.15) is 8.42 Å². The molecule has 0 aliphatic heterocycles. The fourth-order valence-corrected chi connectivity index (χ4v) is 0. The van der Waals surface area contributed by atoms with Crippen molar-refractivity contribution in [3.05, 3.63) is 0 Å². The standard InChI is InChI=1S/Ca.Mn.H3O4P.H2O4S.2H/c;;2*1-5(2,3)4;;/h;;(H3,1,2,3,4);(H2,1,2,3,4);;/q+2;;;;2*-1. The van der Waals surface area contributed by atoms with Crippen LogP contribution >= 0.6 is 7.82 Å². The summed E-state index contributed by atoms with van der Waals surface area (Å²) in [7, 11) is -9.31. The molecular weight excluding hydrogens is 286 g/mol. The molecule has 0 aromatic rings. The van der Waals surface area contributed by atoms with Crippen molar-refractivity contribution in [1.82, 2.24) is 0 Å². The molecule has 0 aromatic carbocycles. The zero-order valence-electron chi connectivity index (χ0n) is 7.40. The molecule has 75 valence electrons. The van der Waals surface area contributed by atoms with E-state index in [1.54, 1.807) is 0 Å². The maximum Gasteiger partial charge on any atom is 2.00 e. The van der Waals surface area contributed by atoms with Gasteiger partial charge in [0.2, 0.25) is 0 Å². The SMILES string of the molecule is O=P(O)(O)O.O=S(=O)(O)O.[Ca+2].[H-].[H-].[Mn]. The number of rotatable bonds is 0. The summed E-state index contributed by atoms with van der Waals surface area (Å²) in [4.78, 5) is 21.6. The minimum atomic E-state index is -4.67. The van der Waals surface area contributed by atoms with Crippen molar-refractivity contribution in [3.63, 3.8) is 0 Å². The molecule has 1 radical (unpaired) electrons. The van der Waals surface area contributed by atoms with E-state index in [4.69, 9.17) is 36.8 Å². The molecule has 0 rings (SSSR count). The van der Waals surface area contributed by atoms with Crippen LogP contribution in [0.4, 0.5) is 0 Å². The second kappa shape index (κ2) is 9.32. The quantitative estimate of drug-likeness (QED) is 0.200. The monoisotopic (exact) mass is 293 g/mol. The van der Waals surface area contributed by atoms with Gasteiger partial charge in [-0.1, -0.05) is 0 Å². The molecule has 8 nitrogen and oxygen atoms in total. The first kappa shape index (κ1) is 23.5. The van der Waals surface area contributed by atoms with Crippen molar-refractivity contribution in [2.24, 2.45) is 0 Å². The Labute approximate surface area is 112 Å². The van der Waals surface area contributed by atoms with Gasteiger partial charge in [0.25, 0.3) is 0 Å². The minimum absolute atomic E-state index is 0. The molecule has 0 saturated heterocycles. The van der Waals surface area contributed by atoms with Gasteiger partial charge in [-0.3, -0.25) is 9.11 Å². The van der Waals surface area contributed by atoms with E-state index in [1.807, 2.05) is 0 Å². The van der Waals surface area contributed by atoms with Crippen LogP contribution in [-0.4, -0.2) is 69.9 Å². The summed E-state index contributed by atoms with van der Waals surface area (Å²) >= 11 is 0. The average Bonchev–Trinajstić information content (AvgIpc) is 1.12. The zero-order chi connectivity index (χ0) is 9.00. The molecular formula is H7CaMnO8PS. The molecule has 0 saturated carbocycles. The van der Waals surface area contributed by atoms with E-state index in [-0.39, 0.29) is 57.7 Å². The van der Waals surface area contributed by atoms with Crippen LogP contribution in [0.2, 0.25) is 0 Å². The van der Waals surface area contributed by atoms with Gasteiger partial charge in [-0.15, -0.1) is 0 Å². The van der Waals surface area contributed by atoms with Crippen LogP contribution in [-0.2, 0) is 32.0 Å². The van der Waals surface area contributed by atoms with Gasteiger partial charge < -0.3 is 17.5 Å². The second-order valence-corrected chi connectivity index (χ2v) is 2.88. The number of hydrogen-bond donors (Lipinski definition) is 5. The molecule has 0 spiro atoms. The fourth-order valence-electron chi connectivity index (χ4n) is 0. The van der Waals surface area contributed by atoms with Gasteiger partial charge >= 0.3 is 56.0 Å². The molecule has 0 aliphatic carbocycles. The first-order valence-electron chi connectivity index (χ1n) is 1.48. The summed E-state index contributed by atoms with van der Waals surface area (Å²) in [5.74, 6) is 0. The first-order chi connectivity index (χ1) is 4.00. The Morgan fingerprint density at radius 3 is 1.08 bits per heavy atom. The molecule has 12 heavy (non-hydrogen) atoms. The van der Waals surface area contributed by atoms with Gasteiger partial charge in [0.05, 0.1) is 0 Å². The smallest absolute Gasteiger partial charge is 1.00 e. The van der Waals surface area contributed by atoms with Crippen molar-refractivity contribution in [2.75, 3.05) is 0 Å². The number of hydrogen-bond acceptors (Lipinski definition) is 3. The predicted molar refractivity (Wildman–Crippen MR) is 36.4 cm³/mol. The van der Waals surface area contributed by atoms with Gasteiger partial charge in [-0.25, -0.2) is 4.57 Å². The summed E-state index contributed by atoms with van der Waals surface area (Å²) in [6.07, 6.45) is 0. The first-order valence-corrected chi connectivity index (χ1v) is 4.44. The predicted octanol–water partition coefficient (Wildman–Crippen LogP) is -1.74. The van der Waals surface area contributed by atoms with Crippen molar-refractivity contribution in [2.45, 2.75) is 0 Å². The van der Waals surface area contributed by atoms with Crippen molar-refractivity contribution >= 4 is 56.0 Å². The van der Waals surface area contributed by atoms with E-state index in [0.717, 1.165) is 0 Å². The van der Waals surface area contributed by atoms with Crippen LogP contribution in [0.15, 0.2) is 0 Å². The van der Waals surface area contributed by atoms with Gasteiger partial charge in [0.15, 0.2) is 0 Å². The third kappa shape index (κ3) is 440. The summed E-state index contributed by atoms with van der Waals surface area (Å²) in [5, 5.41) is 0. The molecule has 12 heteroatoms. The second-order valence-electron chi connectivity index (χ2n) is 0.961. The van der Waals surface area contributed by atoms with Crippen molar-refractivity contribution in [1.29, 1.82) is 0 Å². The Morgan fingerprint density at radius 1 is 1.08 bits per heavy atom. The zero-order valence-corrected chi connectivity index (χ0v) is 10.5. The van der Waals surface area contributed by atoms with E-state index in [9.17, 15) is 0 Å². The van der Waals surface area contributed by atoms with Crippen LogP contribution in [0.3, 0.4) is 0 Å². The molecule has 0 fully saturated rings. The molecule has 0 aliphatic rings. The Morgan fingerprint density at radius 2 is 1.08 bits per heavy atom. The summed E-state index contributed by atoms with van der Waals surface area (Å²) in [5.41, 5.74) is 0. The van der Waals surface area contributed by atoms with Crippen LogP contribution in [0.5, 0.6) is 0 Å². The summed E-state index contributed by atoms with van der Waals surface area (Å²) < 4.78 is 40.5. The normalized spacial score (nSPS) is 9.75. The average molecular weight is 293 g/mol. The van der Waals surface area contributed by atoms with Crippen molar-refractivity contribution < 1.29 is 56.7 Å². The van der Waals surface area contributed by atoms with Gasteiger partial charge in [0.1, 0.15) is 0 Å². The molecule has 0 atom stereocenters. The largest absolute Gasteiger partial charge is 2.00 e. The maximum atomic E-state index is 8.88. The third-order valence-corrected chi connectivity index (χ3v) is 0. The molecule has 0 amide bonds. The number of phosphoric acid groups is 1.